The fourth-order valence-electron chi connectivity index (χ4n) is 3.28. The highest BCUT2D eigenvalue weighted by atomic mass is 16.5. The summed E-state index contributed by atoms with van der Waals surface area (Å²) in [6, 6.07) is 5.24. The molecule has 1 N–H and O–H groups in total. The van der Waals surface area contributed by atoms with Gasteiger partial charge in [0.2, 0.25) is 5.91 Å². The maximum Gasteiger partial charge on any atom is 0.242 e. The number of methoxy groups -OCH3 is 2. The molecular formula is C15H20N2O4. The van der Waals surface area contributed by atoms with Crippen LogP contribution in [0.4, 0.5) is 0 Å². The van der Waals surface area contributed by atoms with Gasteiger partial charge in [-0.1, -0.05) is 0 Å². The predicted molar refractivity (Wildman–Crippen MR) is 76.3 cm³/mol. The highest BCUT2D eigenvalue weighted by molar-refractivity contribution is 5.90. The number of hydrogen-bond acceptors (Lipinski definition) is 5. The van der Waals surface area contributed by atoms with Crippen LogP contribution in [0.25, 0.3) is 0 Å². The molecule has 0 saturated carbocycles. The van der Waals surface area contributed by atoms with E-state index < -0.39 is 6.10 Å². The van der Waals surface area contributed by atoms with E-state index in [0.29, 0.717) is 24.6 Å². The third-order valence-electron chi connectivity index (χ3n) is 4.40. The van der Waals surface area contributed by atoms with Crippen molar-refractivity contribution in [3.8, 4) is 11.5 Å². The minimum absolute atomic E-state index is 0.0666. The van der Waals surface area contributed by atoms with E-state index in [1.54, 1.807) is 25.2 Å². The van der Waals surface area contributed by atoms with E-state index in [4.69, 9.17) is 9.47 Å². The largest absolute Gasteiger partial charge is 0.497 e. The second-order valence-electron chi connectivity index (χ2n) is 5.59. The van der Waals surface area contributed by atoms with Gasteiger partial charge in [-0.3, -0.25) is 9.69 Å². The lowest BCUT2D eigenvalue weighted by Gasteiger charge is -2.46. The lowest BCUT2D eigenvalue weighted by molar-refractivity contribution is -0.157. The Labute approximate surface area is 123 Å². The van der Waals surface area contributed by atoms with E-state index in [1.165, 1.54) is 0 Å². The summed E-state index contributed by atoms with van der Waals surface area (Å²) in [5.74, 6) is 1.47. The number of aliphatic hydroxyl groups is 1. The summed E-state index contributed by atoms with van der Waals surface area (Å²) in [5, 5.41) is 10.1. The molecule has 0 spiro atoms. The van der Waals surface area contributed by atoms with Crippen LogP contribution in [-0.2, 0) is 11.3 Å². The molecule has 1 aromatic rings. The van der Waals surface area contributed by atoms with Crippen molar-refractivity contribution >= 4 is 5.91 Å². The monoisotopic (exact) mass is 292 g/mol. The van der Waals surface area contributed by atoms with Crippen LogP contribution in [0, 0.1) is 0 Å². The summed E-state index contributed by atoms with van der Waals surface area (Å²) >= 11 is 0. The number of carbonyl (C=O) groups is 1. The molecule has 21 heavy (non-hydrogen) atoms. The molecule has 1 aromatic carbocycles. The summed E-state index contributed by atoms with van der Waals surface area (Å²) in [7, 11) is 5.07. The van der Waals surface area contributed by atoms with E-state index in [1.807, 2.05) is 24.1 Å². The highest BCUT2D eigenvalue weighted by Crippen LogP contribution is 2.36. The fourth-order valence-corrected chi connectivity index (χ4v) is 3.28. The molecule has 2 heterocycles. The average Bonchev–Trinajstić information content (AvgIpc) is 2.75. The number of carbonyl (C=O) groups excluding carboxylic acids is 1. The number of likely N-dealkylation sites (tertiary alicyclic amines) is 2. The minimum atomic E-state index is -0.484. The van der Waals surface area contributed by atoms with Crippen molar-refractivity contribution in [2.45, 2.75) is 24.7 Å². The van der Waals surface area contributed by atoms with Crippen molar-refractivity contribution in [3.63, 3.8) is 0 Å². The summed E-state index contributed by atoms with van der Waals surface area (Å²) in [6.45, 7) is 0.982. The number of benzene rings is 1. The molecule has 2 fully saturated rings. The molecule has 2 saturated heterocycles. The molecule has 0 radical (unpaired) electrons. The van der Waals surface area contributed by atoms with Gasteiger partial charge in [-0.15, -0.1) is 0 Å². The fraction of sp³-hybridized carbons (Fsp3) is 0.533. The van der Waals surface area contributed by atoms with Crippen LogP contribution in [0.15, 0.2) is 18.2 Å². The molecule has 3 atom stereocenters. The first kappa shape index (κ1) is 14.2. The second kappa shape index (κ2) is 5.20. The number of β-amino-alcohol motifs (C(OH)–C–C–N with tert-alkyl or cyclic N) is 1. The first-order valence-electron chi connectivity index (χ1n) is 6.96. The van der Waals surface area contributed by atoms with Gasteiger partial charge in [0, 0.05) is 24.7 Å². The number of fused-ring (bicyclic) bond motifs is 1. The van der Waals surface area contributed by atoms with Crippen molar-refractivity contribution in [3.05, 3.63) is 23.8 Å². The number of aliphatic hydroxyl groups excluding tert-OH is 1. The van der Waals surface area contributed by atoms with E-state index >= 15 is 0 Å². The molecular weight excluding hydrogens is 272 g/mol. The van der Waals surface area contributed by atoms with Gasteiger partial charge < -0.3 is 19.5 Å². The Morgan fingerprint density at radius 1 is 1.33 bits per heavy atom. The molecule has 0 aromatic heterocycles. The Bertz CT molecular complexity index is 563. The van der Waals surface area contributed by atoms with Crippen LogP contribution in [0.1, 0.15) is 5.56 Å². The zero-order valence-corrected chi connectivity index (χ0v) is 12.4. The van der Waals surface area contributed by atoms with Crippen LogP contribution in [0.2, 0.25) is 0 Å². The molecule has 2 aliphatic heterocycles. The molecule has 0 bridgehead atoms. The van der Waals surface area contributed by atoms with Crippen molar-refractivity contribution in [2.75, 3.05) is 27.8 Å². The van der Waals surface area contributed by atoms with E-state index in [-0.39, 0.29) is 18.0 Å². The number of hydrogen-bond donors (Lipinski definition) is 1. The zero-order valence-electron chi connectivity index (χ0n) is 12.4. The highest BCUT2D eigenvalue weighted by Gasteiger charge is 2.57. The number of likely N-dealkylation sites (N-methyl/N-ethyl adjacent to an activating group) is 1. The van der Waals surface area contributed by atoms with Crippen molar-refractivity contribution in [1.82, 2.24) is 9.80 Å². The van der Waals surface area contributed by atoms with E-state index in [2.05, 4.69) is 0 Å². The Morgan fingerprint density at radius 2 is 2.10 bits per heavy atom. The standard InChI is InChI=1S/C15H20N2O4/c1-16-8-11(18)13-14(16)15(19)17(13)7-9-4-5-10(20-2)6-12(9)21-3/h4-6,11,13-14,18H,7-8H2,1-3H3. The quantitative estimate of drug-likeness (QED) is 0.797. The summed E-state index contributed by atoms with van der Waals surface area (Å²) in [5.41, 5.74) is 0.909. The summed E-state index contributed by atoms with van der Waals surface area (Å²) in [6.07, 6.45) is -0.484. The normalized spacial score (nSPS) is 28.3. The zero-order chi connectivity index (χ0) is 15.1. The lowest BCUT2D eigenvalue weighted by Crippen LogP contribution is -2.67. The maximum atomic E-state index is 12.2. The minimum Gasteiger partial charge on any atom is -0.497 e. The van der Waals surface area contributed by atoms with Gasteiger partial charge in [0.25, 0.3) is 0 Å². The molecule has 2 aliphatic rings. The van der Waals surface area contributed by atoms with Crippen LogP contribution < -0.4 is 9.47 Å². The number of β-lactam (4-membered cyclic amide) rings is 1. The third-order valence-corrected chi connectivity index (χ3v) is 4.40. The van der Waals surface area contributed by atoms with Gasteiger partial charge in [0.1, 0.15) is 17.5 Å². The first-order valence-corrected chi connectivity index (χ1v) is 6.96. The first-order chi connectivity index (χ1) is 10.1. The molecule has 3 unspecified atom stereocenters. The number of nitrogens with zero attached hydrogens (tertiary/aromatic N) is 2. The molecule has 3 rings (SSSR count). The molecule has 0 aliphatic carbocycles. The van der Waals surface area contributed by atoms with Crippen LogP contribution in [-0.4, -0.2) is 66.8 Å². The van der Waals surface area contributed by atoms with Gasteiger partial charge in [0.15, 0.2) is 0 Å². The Kier molecular flexibility index (Phi) is 3.51. The number of amides is 1. The Hall–Kier alpha value is -1.79. The Morgan fingerprint density at radius 3 is 2.76 bits per heavy atom. The van der Waals surface area contributed by atoms with Crippen LogP contribution in [0.5, 0.6) is 11.5 Å². The molecule has 6 heteroatoms. The van der Waals surface area contributed by atoms with Crippen LogP contribution >= 0.6 is 0 Å². The van der Waals surface area contributed by atoms with E-state index in [9.17, 15) is 9.90 Å². The van der Waals surface area contributed by atoms with Crippen molar-refractivity contribution in [1.29, 1.82) is 0 Å². The van der Waals surface area contributed by atoms with Crippen molar-refractivity contribution in [2.24, 2.45) is 0 Å². The maximum absolute atomic E-state index is 12.2. The average molecular weight is 292 g/mol. The number of ether oxygens (including phenoxy) is 2. The third kappa shape index (κ3) is 2.15. The summed E-state index contributed by atoms with van der Waals surface area (Å²) < 4.78 is 10.5. The Balaban J connectivity index is 1.80. The van der Waals surface area contributed by atoms with Gasteiger partial charge in [-0.2, -0.15) is 0 Å². The van der Waals surface area contributed by atoms with Gasteiger partial charge in [0.05, 0.1) is 26.4 Å². The summed E-state index contributed by atoms with van der Waals surface area (Å²) in [4.78, 5) is 15.9. The molecule has 114 valence electrons. The topological polar surface area (TPSA) is 62.2 Å². The van der Waals surface area contributed by atoms with Crippen molar-refractivity contribution < 1.29 is 19.4 Å². The van der Waals surface area contributed by atoms with E-state index in [0.717, 1.165) is 5.56 Å². The van der Waals surface area contributed by atoms with Crippen LogP contribution in [0.3, 0.4) is 0 Å². The predicted octanol–water partition coefficient (Wildman–Crippen LogP) is 0.0895. The molecule has 1 amide bonds. The number of rotatable bonds is 4. The van der Waals surface area contributed by atoms with Gasteiger partial charge in [-0.25, -0.2) is 0 Å². The SMILES string of the molecule is COc1ccc(CN2C(=O)C3C2C(O)CN3C)c(OC)c1. The second-order valence-corrected chi connectivity index (χ2v) is 5.59. The van der Waals surface area contributed by atoms with Gasteiger partial charge >= 0.3 is 0 Å². The molecule has 6 nitrogen and oxygen atoms in total. The van der Waals surface area contributed by atoms with Gasteiger partial charge in [-0.05, 0) is 19.2 Å². The smallest absolute Gasteiger partial charge is 0.242 e. The lowest BCUT2D eigenvalue weighted by atomic mass is 9.93.